The van der Waals surface area contributed by atoms with Crippen molar-refractivity contribution >= 4 is 5.91 Å². The minimum Gasteiger partial charge on any atom is -0.497 e. The molecule has 0 aromatic heterocycles. The number of nitrogens with two attached hydrogens (primary N) is 2. The Hall–Kier alpha value is -1.55. The van der Waals surface area contributed by atoms with Crippen LogP contribution in [0.25, 0.3) is 0 Å². The van der Waals surface area contributed by atoms with Gasteiger partial charge in [-0.1, -0.05) is 12.1 Å². The third kappa shape index (κ3) is 2.74. The minimum atomic E-state index is -0.395. The SMILES string of the molecule is COc1ccc([C@@H](N)CC(N)=O)cc1. The number of hydrogen-bond donors (Lipinski definition) is 2. The predicted octanol–water partition coefficient (Wildman–Crippen LogP) is 0.570. The molecule has 0 aliphatic heterocycles. The average Bonchev–Trinajstić information content (AvgIpc) is 2.17. The fraction of sp³-hybridized carbons (Fsp3) is 0.300. The van der Waals surface area contributed by atoms with E-state index in [9.17, 15) is 4.79 Å². The number of carbonyl (C=O) groups excluding carboxylic acids is 1. The van der Waals surface area contributed by atoms with Gasteiger partial charge in [0.15, 0.2) is 0 Å². The zero-order chi connectivity index (χ0) is 10.6. The van der Waals surface area contributed by atoms with Crippen LogP contribution in [-0.4, -0.2) is 13.0 Å². The second kappa shape index (κ2) is 4.62. The van der Waals surface area contributed by atoms with Gasteiger partial charge in [0.05, 0.1) is 7.11 Å². The van der Waals surface area contributed by atoms with Crippen molar-refractivity contribution in [1.29, 1.82) is 0 Å². The summed E-state index contributed by atoms with van der Waals surface area (Å²) in [5.41, 5.74) is 11.7. The lowest BCUT2D eigenvalue weighted by Gasteiger charge is -2.10. The summed E-state index contributed by atoms with van der Waals surface area (Å²) in [5.74, 6) is 0.369. The molecule has 1 rings (SSSR count). The molecule has 76 valence electrons. The molecule has 0 saturated carbocycles. The Morgan fingerprint density at radius 1 is 1.43 bits per heavy atom. The first-order valence-corrected chi connectivity index (χ1v) is 4.31. The van der Waals surface area contributed by atoms with Gasteiger partial charge in [0.2, 0.25) is 5.91 Å². The average molecular weight is 194 g/mol. The van der Waals surface area contributed by atoms with Gasteiger partial charge < -0.3 is 16.2 Å². The highest BCUT2D eigenvalue weighted by molar-refractivity contribution is 5.74. The van der Waals surface area contributed by atoms with Gasteiger partial charge in [0, 0.05) is 12.5 Å². The van der Waals surface area contributed by atoms with Crippen LogP contribution in [0.3, 0.4) is 0 Å². The lowest BCUT2D eigenvalue weighted by molar-refractivity contribution is -0.118. The highest BCUT2D eigenvalue weighted by Crippen LogP contribution is 2.17. The van der Waals surface area contributed by atoms with Crippen molar-refractivity contribution in [3.8, 4) is 5.75 Å². The molecule has 0 aliphatic rings. The van der Waals surface area contributed by atoms with E-state index in [0.717, 1.165) is 11.3 Å². The summed E-state index contributed by atoms with van der Waals surface area (Å²) in [4.78, 5) is 10.6. The Kier molecular flexibility index (Phi) is 3.48. The van der Waals surface area contributed by atoms with Crippen molar-refractivity contribution in [2.24, 2.45) is 11.5 Å². The Bertz CT molecular complexity index is 308. The molecule has 1 amide bonds. The third-order valence-electron chi connectivity index (χ3n) is 1.97. The van der Waals surface area contributed by atoms with Crippen molar-refractivity contribution in [2.45, 2.75) is 12.5 Å². The molecule has 0 heterocycles. The summed E-state index contributed by atoms with van der Waals surface area (Å²) in [6.07, 6.45) is 0.159. The van der Waals surface area contributed by atoms with Crippen LogP contribution in [0, 0.1) is 0 Å². The molecule has 0 fully saturated rings. The van der Waals surface area contributed by atoms with Crippen LogP contribution in [0.2, 0.25) is 0 Å². The Balaban J connectivity index is 2.71. The molecule has 1 atom stereocenters. The summed E-state index contributed by atoms with van der Waals surface area (Å²) in [6, 6.07) is 6.92. The zero-order valence-corrected chi connectivity index (χ0v) is 8.07. The maximum atomic E-state index is 10.6. The summed E-state index contributed by atoms with van der Waals surface area (Å²) in [6.45, 7) is 0. The van der Waals surface area contributed by atoms with Crippen LogP contribution in [-0.2, 0) is 4.79 Å². The molecule has 0 spiro atoms. The molecule has 1 aromatic carbocycles. The molecule has 0 unspecified atom stereocenters. The van der Waals surface area contributed by atoms with Crippen molar-refractivity contribution in [3.05, 3.63) is 29.8 Å². The molecule has 0 saturated heterocycles. The lowest BCUT2D eigenvalue weighted by atomic mass is 10.0. The summed E-state index contributed by atoms with van der Waals surface area (Å²) < 4.78 is 5.00. The van der Waals surface area contributed by atoms with Gasteiger partial charge in [-0.25, -0.2) is 0 Å². The number of benzene rings is 1. The highest BCUT2D eigenvalue weighted by Gasteiger charge is 2.08. The second-order valence-electron chi connectivity index (χ2n) is 3.05. The van der Waals surface area contributed by atoms with Crippen LogP contribution in [0.5, 0.6) is 5.75 Å². The number of hydrogen-bond acceptors (Lipinski definition) is 3. The standard InChI is InChI=1S/C10H14N2O2/c1-14-8-4-2-7(3-5-8)9(11)6-10(12)13/h2-5,9H,6,11H2,1H3,(H2,12,13)/t9-/m0/s1. The van der Waals surface area contributed by atoms with E-state index in [1.165, 1.54) is 0 Å². The van der Waals surface area contributed by atoms with E-state index >= 15 is 0 Å². The summed E-state index contributed by atoms with van der Waals surface area (Å²) in [7, 11) is 1.60. The number of primary amides is 1. The van der Waals surface area contributed by atoms with Crippen molar-refractivity contribution < 1.29 is 9.53 Å². The molecule has 4 N–H and O–H groups in total. The maximum Gasteiger partial charge on any atom is 0.219 e. The number of carbonyl (C=O) groups is 1. The quantitative estimate of drug-likeness (QED) is 0.735. The number of methoxy groups -OCH3 is 1. The topological polar surface area (TPSA) is 78.3 Å². The Morgan fingerprint density at radius 2 is 2.00 bits per heavy atom. The van der Waals surface area contributed by atoms with Crippen LogP contribution < -0.4 is 16.2 Å². The molecule has 4 nitrogen and oxygen atoms in total. The van der Waals surface area contributed by atoms with Crippen molar-refractivity contribution in [2.75, 3.05) is 7.11 Å². The van der Waals surface area contributed by atoms with Gasteiger partial charge in [-0.15, -0.1) is 0 Å². The molecule has 1 aromatic rings. The van der Waals surface area contributed by atoms with Crippen LogP contribution in [0.4, 0.5) is 0 Å². The fourth-order valence-corrected chi connectivity index (χ4v) is 1.19. The summed E-state index contributed by atoms with van der Waals surface area (Å²) in [5, 5.41) is 0. The summed E-state index contributed by atoms with van der Waals surface area (Å²) >= 11 is 0. The lowest BCUT2D eigenvalue weighted by Crippen LogP contribution is -2.20. The fourth-order valence-electron chi connectivity index (χ4n) is 1.19. The molecule has 4 heteroatoms. The first-order chi connectivity index (χ1) is 6.63. The van der Waals surface area contributed by atoms with E-state index in [-0.39, 0.29) is 12.5 Å². The number of ether oxygens (including phenoxy) is 1. The second-order valence-corrected chi connectivity index (χ2v) is 3.05. The molecule has 0 aliphatic carbocycles. The van der Waals surface area contributed by atoms with Gasteiger partial charge in [0.25, 0.3) is 0 Å². The molecule has 0 bridgehead atoms. The first-order valence-electron chi connectivity index (χ1n) is 4.31. The van der Waals surface area contributed by atoms with E-state index < -0.39 is 5.91 Å². The zero-order valence-electron chi connectivity index (χ0n) is 8.07. The monoisotopic (exact) mass is 194 g/mol. The highest BCUT2D eigenvalue weighted by atomic mass is 16.5. The molecular formula is C10H14N2O2. The Labute approximate surface area is 82.8 Å². The smallest absolute Gasteiger partial charge is 0.219 e. The first kappa shape index (κ1) is 10.5. The van der Waals surface area contributed by atoms with Gasteiger partial charge in [-0.2, -0.15) is 0 Å². The normalized spacial score (nSPS) is 12.1. The van der Waals surface area contributed by atoms with Crippen LogP contribution >= 0.6 is 0 Å². The molecule has 14 heavy (non-hydrogen) atoms. The predicted molar refractivity (Wildman–Crippen MR) is 53.7 cm³/mol. The van der Waals surface area contributed by atoms with E-state index in [1.807, 2.05) is 12.1 Å². The van der Waals surface area contributed by atoms with Gasteiger partial charge in [-0.3, -0.25) is 4.79 Å². The number of rotatable bonds is 4. The number of amides is 1. The maximum absolute atomic E-state index is 10.6. The van der Waals surface area contributed by atoms with Crippen molar-refractivity contribution in [3.63, 3.8) is 0 Å². The van der Waals surface area contributed by atoms with E-state index in [0.29, 0.717) is 0 Å². The van der Waals surface area contributed by atoms with Crippen molar-refractivity contribution in [1.82, 2.24) is 0 Å². The molecule has 0 radical (unpaired) electrons. The van der Waals surface area contributed by atoms with E-state index in [4.69, 9.17) is 16.2 Å². The van der Waals surface area contributed by atoms with E-state index in [1.54, 1.807) is 19.2 Å². The van der Waals surface area contributed by atoms with Gasteiger partial charge in [-0.05, 0) is 17.7 Å². The third-order valence-corrected chi connectivity index (χ3v) is 1.97. The largest absolute Gasteiger partial charge is 0.497 e. The minimum absolute atomic E-state index is 0.159. The molecular weight excluding hydrogens is 180 g/mol. The van der Waals surface area contributed by atoms with E-state index in [2.05, 4.69) is 0 Å². The van der Waals surface area contributed by atoms with Gasteiger partial charge >= 0.3 is 0 Å². The van der Waals surface area contributed by atoms with Gasteiger partial charge in [0.1, 0.15) is 5.75 Å². The Morgan fingerprint density at radius 3 is 2.43 bits per heavy atom. The van der Waals surface area contributed by atoms with Crippen LogP contribution in [0.1, 0.15) is 18.0 Å². The van der Waals surface area contributed by atoms with Crippen LogP contribution in [0.15, 0.2) is 24.3 Å².